The monoisotopic (exact) mass is 479 g/mol. The molecule has 29 heavy (non-hydrogen) atoms. The molecule has 0 aromatic heterocycles. The van der Waals surface area contributed by atoms with E-state index >= 15 is 0 Å². The number of nitrogens with one attached hydrogen (secondary N) is 1. The zero-order valence-electron chi connectivity index (χ0n) is 14.4. The summed E-state index contributed by atoms with van der Waals surface area (Å²) in [6.45, 7) is 2.96. The Kier molecular flexibility index (Phi) is 8.96. The van der Waals surface area contributed by atoms with Crippen molar-refractivity contribution in [2.24, 2.45) is 0 Å². The van der Waals surface area contributed by atoms with Crippen LogP contribution in [0.1, 0.15) is 13.3 Å². The van der Waals surface area contributed by atoms with E-state index < -0.39 is 73.0 Å². The molecule has 0 rings (SSSR count). The fourth-order valence-electron chi connectivity index (χ4n) is 1.63. The summed E-state index contributed by atoms with van der Waals surface area (Å²) in [4.78, 5) is 22.1. The molecule has 0 aliphatic carbocycles. The van der Waals surface area contributed by atoms with Crippen molar-refractivity contribution < 1.29 is 62.2 Å². The third kappa shape index (κ3) is 7.37. The van der Waals surface area contributed by atoms with Gasteiger partial charge in [0.1, 0.15) is 12.7 Å². The topological polar surface area (TPSA) is 133 Å². The Hall–Kier alpha value is -2.04. The molecule has 0 spiro atoms. The van der Waals surface area contributed by atoms with Crippen LogP contribution in [0.25, 0.3) is 0 Å². The summed E-state index contributed by atoms with van der Waals surface area (Å²) in [7, 11) is -13.7. The van der Waals surface area contributed by atoms with E-state index in [0.717, 1.165) is 6.08 Å². The van der Waals surface area contributed by atoms with Crippen LogP contribution in [0.15, 0.2) is 12.7 Å². The number of hydrogen-bond acceptors (Lipinski definition) is 8. The first-order valence-corrected chi connectivity index (χ1v) is 10.3. The van der Waals surface area contributed by atoms with E-state index in [4.69, 9.17) is 0 Å². The van der Waals surface area contributed by atoms with Gasteiger partial charge >= 0.3 is 23.1 Å². The van der Waals surface area contributed by atoms with Crippen LogP contribution in [0.5, 0.6) is 0 Å². The summed E-state index contributed by atoms with van der Waals surface area (Å²) < 4.78 is 126. The smallest absolute Gasteiger partial charge is 0.461 e. The molecule has 0 saturated heterocycles. The van der Waals surface area contributed by atoms with Gasteiger partial charge < -0.3 is 14.8 Å². The van der Waals surface area contributed by atoms with Gasteiger partial charge in [0.05, 0.1) is 6.54 Å². The van der Waals surface area contributed by atoms with Gasteiger partial charge in [-0.25, -0.2) is 26.4 Å². The third-order valence-electron chi connectivity index (χ3n) is 2.95. The van der Waals surface area contributed by atoms with Crippen molar-refractivity contribution >= 4 is 31.7 Å². The number of carbonyl (C=O) groups excluding carboxylic acids is 2. The highest BCUT2D eigenvalue weighted by Crippen LogP contribution is 2.38. The van der Waals surface area contributed by atoms with Gasteiger partial charge in [-0.15, -0.1) is 0 Å². The number of rotatable bonds is 9. The summed E-state index contributed by atoms with van der Waals surface area (Å²) >= 11 is 0. The van der Waals surface area contributed by atoms with Crippen LogP contribution in [-0.4, -0.2) is 63.8 Å². The Morgan fingerprint density at radius 3 is 1.86 bits per heavy atom. The van der Waals surface area contributed by atoms with Gasteiger partial charge in [-0.05, 0) is 6.92 Å². The zero-order chi connectivity index (χ0) is 23.3. The van der Waals surface area contributed by atoms with Crippen molar-refractivity contribution in [2.75, 3.05) is 13.2 Å². The number of sulfone groups is 2. The molecule has 0 aliphatic rings. The molecule has 17 heteroatoms. The first kappa shape index (κ1) is 27.0. The fraction of sp³-hybridized carbons (Fsp3) is 0.667. The molecule has 1 N–H and O–H groups in total. The molecule has 0 aromatic carbocycles. The molecule has 0 bridgehead atoms. The first-order valence-electron chi connectivity index (χ1n) is 7.22. The second-order valence-electron chi connectivity index (χ2n) is 5.16. The second-order valence-corrected chi connectivity index (χ2v) is 9.70. The molecule has 170 valence electrons. The number of amides is 1. The van der Waals surface area contributed by atoms with E-state index in [2.05, 4.69) is 16.1 Å². The van der Waals surface area contributed by atoms with Crippen LogP contribution in [0, 0.1) is 0 Å². The van der Waals surface area contributed by atoms with E-state index in [0.29, 0.717) is 6.92 Å². The largest absolute Gasteiger partial charge is 0.498 e. The van der Waals surface area contributed by atoms with Gasteiger partial charge in [0, 0.05) is 12.5 Å². The van der Waals surface area contributed by atoms with Gasteiger partial charge in [0.25, 0.3) is 19.7 Å². The molecule has 1 amide bonds. The molecule has 0 aromatic rings. The van der Waals surface area contributed by atoms with Gasteiger partial charge in [-0.2, -0.15) is 26.3 Å². The van der Waals surface area contributed by atoms with Crippen molar-refractivity contribution in [1.29, 1.82) is 0 Å². The fourth-order valence-corrected chi connectivity index (χ4v) is 5.26. The highest BCUT2D eigenvalue weighted by Gasteiger charge is 2.63. The lowest BCUT2D eigenvalue weighted by molar-refractivity contribution is -0.137. The maximum absolute atomic E-state index is 12.6. The van der Waals surface area contributed by atoms with Crippen LogP contribution in [0.3, 0.4) is 0 Å². The lowest BCUT2D eigenvalue weighted by atomic mass is 10.3. The van der Waals surface area contributed by atoms with Crippen molar-refractivity contribution in [3.05, 3.63) is 12.7 Å². The third-order valence-corrected chi connectivity index (χ3v) is 7.53. The van der Waals surface area contributed by atoms with Crippen LogP contribution >= 0.6 is 0 Å². The van der Waals surface area contributed by atoms with E-state index in [9.17, 15) is 52.8 Å². The number of hydrogen-bond donors (Lipinski definition) is 1. The molecule has 9 nitrogen and oxygen atoms in total. The Morgan fingerprint density at radius 2 is 1.48 bits per heavy atom. The van der Waals surface area contributed by atoms with E-state index in [1.165, 1.54) is 0 Å². The van der Waals surface area contributed by atoms with Gasteiger partial charge in [-0.3, -0.25) is 0 Å². The summed E-state index contributed by atoms with van der Waals surface area (Å²) in [6.07, 6.45) is -4.49. The Balaban J connectivity index is 5.31. The molecule has 1 atom stereocenters. The van der Waals surface area contributed by atoms with E-state index in [-0.39, 0.29) is 0 Å². The molecule has 0 heterocycles. The van der Waals surface area contributed by atoms with Crippen molar-refractivity contribution in [3.8, 4) is 0 Å². The minimum Gasteiger partial charge on any atom is -0.461 e. The first-order chi connectivity index (χ1) is 12.9. The minimum absolute atomic E-state index is 0.393. The maximum atomic E-state index is 12.6. The Morgan fingerprint density at radius 1 is 1.03 bits per heavy atom. The quantitative estimate of drug-likeness (QED) is 0.227. The highest BCUT2D eigenvalue weighted by atomic mass is 32.3. The number of alkyl halides is 6. The Labute approximate surface area is 160 Å². The zero-order valence-corrected chi connectivity index (χ0v) is 16.0. The van der Waals surface area contributed by atoms with Crippen molar-refractivity contribution in [1.82, 2.24) is 5.32 Å². The molecule has 0 saturated carbocycles. The van der Waals surface area contributed by atoms with Gasteiger partial charge in [0.15, 0.2) is 4.58 Å². The Bertz CT molecular complexity index is 774. The lowest BCUT2D eigenvalue weighted by Gasteiger charge is -2.23. The molecule has 0 fully saturated rings. The number of carbonyl (C=O) groups is 2. The van der Waals surface area contributed by atoms with Crippen LogP contribution < -0.4 is 5.32 Å². The average molecular weight is 479 g/mol. The number of alkyl carbamates (subject to hydrolysis) is 1. The normalized spacial score (nSPS) is 14.2. The average Bonchev–Trinajstić information content (AvgIpc) is 2.53. The van der Waals surface area contributed by atoms with E-state index in [1.54, 1.807) is 0 Å². The van der Waals surface area contributed by atoms with E-state index in [1.807, 2.05) is 5.32 Å². The van der Waals surface area contributed by atoms with Crippen LogP contribution in [0.4, 0.5) is 31.1 Å². The predicted molar refractivity (Wildman–Crippen MR) is 83.5 cm³/mol. The standard InChI is InChI=1S/C12H15F6NO8S2/c1-3-8(20)26-5-4-19-10(21)27-7(2)6-9(28(22,23)11(13,14)15)29(24,25)12(16,17)18/h3,7,9H,1,4-6H2,2H3,(H,19,21). The predicted octanol–water partition coefficient (Wildman–Crippen LogP) is 1.42. The van der Waals surface area contributed by atoms with Gasteiger partial charge in [0.2, 0.25) is 0 Å². The maximum Gasteiger partial charge on any atom is 0.498 e. The molecule has 0 aliphatic heterocycles. The summed E-state index contributed by atoms with van der Waals surface area (Å²) in [5, 5.41) is 1.89. The number of halogens is 6. The van der Waals surface area contributed by atoms with Crippen molar-refractivity contribution in [3.63, 3.8) is 0 Å². The molecular formula is C12H15F6NO8S2. The van der Waals surface area contributed by atoms with Gasteiger partial charge in [-0.1, -0.05) is 6.58 Å². The molecule has 1 unspecified atom stereocenters. The molecule has 0 radical (unpaired) electrons. The van der Waals surface area contributed by atoms with Crippen LogP contribution in [-0.2, 0) is 33.9 Å². The highest BCUT2D eigenvalue weighted by molar-refractivity contribution is 8.09. The molecular weight excluding hydrogens is 464 g/mol. The second kappa shape index (κ2) is 9.64. The van der Waals surface area contributed by atoms with Crippen LogP contribution in [0.2, 0.25) is 0 Å². The SMILES string of the molecule is C=CC(=O)OCCNC(=O)OC(C)CC(S(=O)(=O)C(F)(F)F)S(=O)(=O)C(F)(F)F. The summed E-state index contributed by atoms with van der Waals surface area (Å²) in [5.41, 5.74) is -12.6. The van der Waals surface area contributed by atoms with Crippen molar-refractivity contribution in [2.45, 2.75) is 35.0 Å². The summed E-state index contributed by atoms with van der Waals surface area (Å²) in [6, 6.07) is 0. The summed E-state index contributed by atoms with van der Waals surface area (Å²) in [5.74, 6) is -0.855. The number of esters is 1. The number of ether oxygens (including phenoxy) is 2. The lowest BCUT2D eigenvalue weighted by Crippen LogP contribution is -2.46. The minimum atomic E-state index is -6.83.